The van der Waals surface area contributed by atoms with Crippen molar-refractivity contribution in [2.75, 3.05) is 11.9 Å². The highest BCUT2D eigenvalue weighted by Crippen LogP contribution is 2.28. The normalized spacial score (nSPS) is 14.2. The van der Waals surface area contributed by atoms with Crippen LogP contribution in [0.2, 0.25) is 0 Å². The summed E-state index contributed by atoms with van der Waals surface area (Å²) in [6, 6.07) is 14.4. The lowest BCUT2D eigenvalue weighted by Crippen LogP contribution is -2.14. The van der Waals surface area contributed by atoms with Crippen LogP contribution in [0.15, 0.2) is 42.5 Å². The lowest BCUT2D eigenvalue weighted by atomic mass is 10.1. The van der Waals surface area contributed by atoms with E-state index in [4.69, 9.17) is 14.7 Å². The number of unbranched alkanes of at least 4 members (excludes halogenated alkanes) is 2. The summed E-state index contributed by atoms with van der Waals surface area (Å²) in [5.41, 5.74) is 5.58. The molecule has 1 N–H and O–H groups in total. The maximum absolute atomic E-state index is 12.1. The molecule has 2 aromatic carbocycles. The summed E-state index contributed by atoms with van der Waals surface area (Å²) in [5, 5.41) is 12.2. The molecule has 0 atom stereocenters. The average Bonchev–Trinajstić information content (AvgIpc) is 3.66. The van der Waals surface area contributed by atoms with Gasteiger partial charge in [-0.25, -0.2) is 9.97 Å². The number of nitrogens with zero attached hydrogens (tertiary/aromatic N) is 6. The molecular formula is C29H33N7O2. The number of rotatable bonds is 9. The van der Waals surface area contributed by atoms with Crippen LogP contribution >= 0.6 is 0 Å². The van der Waals surface area contributed by atoms with E-state index in [1.165, 1.54) is 12.8 Å². The summed E-state index contributed by atoms with van der Waals surface area (Å²) in [6.07, 6.45) is 7.72. The zero-order valence-corrected chi connectivity index (χ0v) is 22.0. The van der Waals surface area contributed by atoms with Gasteiger partial charge in [0.05, 0.1) is 22.1 Å². The Labute approximate surface area is 221 Å². The second kappa shape index (κ2) is 10.4. The van der Waals surface area contributed by atoms with E-state index < -0.39 is 0 Å². The molecule has 0 aliphatic heterocycles. The van der Waals surface area contributed by atoms with E-state index in [1.54, 1.807) is 0 Å². The monoisotopic (exact) mass is 511 g/mol. The number of esters is 1. The quantitative estimate of drug-likeness (QED) is 0.203. The zero-order valence-electron chi connectivity index (χ0n) is 22.0. The minimum Gasteiger partial charge on any atom is -0.462 e. The first kappa shape index (κ1) is 24.3. The van der Waals surface area contributed by atoms with Crippen LogP contribution in [0.4, 0.5) is 5.82 Å². The number of carbonyl (C=O) groups is 1. The number of para-hydroxylation sites is 2. The van der Waals surface area contributed by atoms with Gasteiger partial charge in [-0.15, -0.1) is 10.2 Å². The summed E-state index contributed by atoms with van der Waals surface area (Å²) in [5.74, 6) is 2.36. The molecule has 0 spiro atoms. The highest BCUT2D eigenvalue weighted by molar-refractivity contribution is 5.88. The summed E-state index contributed by atoms with van der Waals surface area (Å²) in [4.78, 5) is 21.9. The van der Waals surface area contributed by atoms with Crippen molar-refractivity contribution in [2.24, 2.45) is 7.05 Å². The molecule has 0 bridgehead atoms. The average molecular weight is 512 g/mol. The molecule has 1 saturated carbocycles. The molecule has 1 aliphatic carbocycles. The van der Waals surface area contributed by atoms with Crippen LogP contribution in [0.5, 0.6) is 0 Å². The lowest BCUT2D eigenvalue weighted by Gasteiger charge is -2.12. The van der Waals surface area contributed by atoms with Gasteiger partial charge >= 0.3 is 5.97 Å². The Morgan fingerprint density at radius 3 is 2.68 bits per heavy atom. The van der Waals surface area contributed by atoms with Crippen molar-refractivity contribution in [3.63, 3.8) is 0 Å². The highest BCUT2D eigenvalue weighted by Gasteiger charge is 2.19. The number of aromatic nitrogens is 6. The van der Waals surface area contributed by atoms with Crippen LogP contribution < -0.4 is 5.32 Å². The number of anilines is 1. The van der Waals surface area contributed by atoms with Crippen LogP contribution in [0, 0.1) is 6.92 Å². The summed E-state index contributed by atoms with van der Waals surface area (Å²) >= 11 is 0. The van der Waals surface area contributed by atoms with Gasteiger partial charge < -0.3 is 14.6 Å². The molecule has 0 unspecified atom stereocenters. The Kier molecular flexibility index (Phi) is 6.66. The van der Waals surface area contributed by atoms with Gasteiger partial charge in [0, 0.05) is 25.6 Å². The van der Waals surface area contributed by atoms with Crippen molar-refractivity contribution < 1.29 is 9.53 Å². The number of fused-ring (bicyclic) bond motifs is 4. The molecule has 1 aliphatic rings. The van der Waals surface area contributed by atoms with Gasteiger partial charge in [0.25, 0.3) is 0 Å². The smallest absolute Gasteiger partial charge is 0.306 e. The van der Waals surface area contributed by atoms with Crippen LogP contribution in [0.1, 0.15) is 57.2 Å². The van der Waals surface area contributed by atoms with Gasteiger partial charge in [0.1, 0.15) is 17.8 Å². The minimum atomic E-state index is -0.0573. The number of hydrogen-bond donors (Lipinski definition) is 1. The number of hydrogen-bond acceptors (Lipinski definition) is 7. The molecule has 5 aromatic rings. The number of benzene rings is 2. The largest absolute Gasteiger partial charge is 0.462 e. The molecule has 9 nitrogen and oxygen atoms in total. The lowest BCUT2D eigenvalue weighted by molar-refractivity contribution is -0.148. The third kappa shape index (κ3) is 4.68. The van der Waals surface area contributed by atoms with E-state index in [2.05, 4.69) is 44.3 Å². The van der Waals surface area contributed by atoms with Crippen LogP contribution in [0.25, 0.3) is 39.1 Å². The molecule has 0 amide bonds. The molecule has 38 heavy (non-hydrogen) atoms. The van der Waals surface area contributed by atoms with E-state index >= 15 is 0 Å². The molecule has 3 aromatic heterocycles. The maximum Gasteiger partial charge on any atom is 0.306 e. The van der Waals surface area contributed by atoms with E-state index in [1.807, 2.05) is 36.6 Å². The van der Waals surface area contributed by atoms with Gasteiger partial charge in [-0.2, -0.15) is 0 Å². The molecule has 6 rings (SSSR count). The van der Waals surface area contributed by atoms with Crippen molar-refractivity contribution in [2.45, 2.75) is 64.4 Å². The van der Waals surface area contributed by atoms with Gasteiger partial charge in [0.15, 0.2) is 5.82 Å². The Hall–Kier alpha value is -4.01. The van der Waals surface area contributed by atoms with Crippen molar-refractivity contribution in [1.29, 1.82) is 0 Å². The molecule has 1 fully saturated rings. The number of imidazole rings is 1. The van der Waals surface area contributed by atoms with Gasteiger partial charge in [-0.3, -0.25) is 9.20 Å². The predicted octanol–water partition coefficient (Wildman–Crippen LogP) is 5.60. The van der Waals surface area contributed by atoms with Crippen LogP contribution in [-0.2, 0) is 16.6 Å². The Morgan fingerprint density at radius 1 is 1.00 bits per heavy atom. The van der Waals surface area contributed by atoms with Crippen molar-refractivity contribution in [1.82, 2.24) is 29.1 Å². The molecule has 196 valence electrons. The van der Waals surface area contributed by atoms with Crippen LogP contribution in [-0.4, -0.2) is 47.8 Å². The van der Waals surface area contributed by atoms with Gasteiger partial charge in [-0.1, -0.05) is 18.6 Å². The van der Waals surface area contributed by atoms with E-state index in [0.29, 0.717) is 17.9 Å². The first-order valence-electron chi connectivity index (χ1n) is 13.6. The highest BCUT2D eigenvalue weighted by atomic mass is 16.5. The Balaban J connectivity index is 1.17. The molecule has 3 heterocycles. The molecular weight excluding hydrogens is 478 g/mol. The summed E-state index contributed by atoms with van der Waals surface area (Å²) < 4.78 is 9.71. The SMILES string of the molecule is Cc1nnc2c(NCCCCCC(=O)OC3CCCC3)nc3cc(-c4nc5ccccc5n4C)ccc3n12. The Morgan fingerprint density at radius 2 is 1.84 bits per heavy atom. The second-order valence-electron chi connectivity index (χ2n) is 10.2. The molecule has 9 heteroatoms. The first-order chi connectivity index (χ1) is 18.6. The fourth-order valence-corrected chi connectivity index (χ4v) is 5.47. The maximum atomic E-state index is 12.1. The minimum absolute atomic E-state index is 0.0573. The van der Waals surface area contributed by atoms with Crippen LogP contribution in [0.3, 0.4) is 0 Å². The molecule has 0 radical (unpaired) electrons. The van der Waals surface area contributed by atoms with E-state index in [0.717, 1.165) is 77.9 Å². The number of ether oxygens (including phenoxy) is 1. The van der Waals surface area contributed by atoms with Crippen molar-refractivity contribution in [3.8, 4) is 11.4 Å². The zero-order chi connectivity index (χ0) is 26.1. The third-order valence-corrected chi connectivity index (χ3v) is 7.48. The second-order valence-corrected chi connectivity index (χ2v) is 10.2. The summed E-state index contributed by atoms with van der Waals surface area (Å²) in [7, 11) is 2.04. The fraction of sp³-hybridized carbons (Fsp3) is 0.414. The van der Waals surface area contributed by atoms with E-state index in [-0.39, 0.29) is 12.1 Å². The Bertz CT molecular complexity index is 1610. The van der Waals surface area contributed by atoms with Gasteiger partial charge in [-0.05, 0) is 75.8 Å². The van der Waals surface area contributed by atoms with E-state index in [9.17, 15) is 4.79 Å². The van der Waals surface area contributed by atoms with Gasteiger partial charge in [0.2, 0.25) is 5.65 Å². The number of carbonyl (C=O) groups excluding carboxylic acids is 1. The predicted molar refractivity (Wildman–Crippen MR) is 148 cm³/mol. The molecule has 0 saturated heterocycles. The summed E-state index contributed by atoms with van der Waals surface area (Å²) in [6.45, 7) is 2.69. The topological polar surface area (TPSA) is 99.2 Å². The van der Waals surface area contributed by atoms with Crippen molar-refractivity contribution in [3.05, 3.63) is 48.3 Å². The number of nitrogens with one attached hydrogen (secondary N) is 1. The number of aryl methyl sites for hydroxylation is 2. The first-order valence-corrected chi connectivity index (χ1v) is 13.6. The fourth-order valence-electron chi connectivity index (χ4n) is 5.47. The third-order valence-electron chi connectivity index (χ3n) is 7.48. The van der Waals surface area contributed by atoms with Crippen molar-refractivity contribution >= 4 is 39.5 Å². The standard InChI is InChI=1S/C29H33N7O2/c1-19-33-34-29-27(30-17-9-3-4-14-26(37)38-21-10-5-6-11-21)31-23-18-20(15-16-25(23)36(19)29)28-32-22-12-7-8-13-24(22)35(28)2/h7-8,12-13,15-16,18,21H,3-6,9-11,14,17H2,1-2H3,(H,30,31).